The minimum absolute atomic E-state index is 0.244. The molecule has 0 aliphatic carbocycles. The van der Waals surface area contributed by atoms with Gasteiger partial charge in [-0.1, -0.05) is 41.9 Å². The van der Waals surface area contributed by atoms with Crippen molar-refractivity contribution in [1.29, 1.82) is 0 Å². The van der Waals surface area contributed by atoms with Gasteiger partial charge in [0.15, 0.2) is 0 Å². The van der Waals surface area contributed by atoms with Gasteiger partial charge in [0.1, 0.15) is 5.82 Å². The fourth-order valence-electron chi connectivity index (χ4n) is 3.63. The highest BCUT2D eigenvalue weighted by atomic mass is 35.5. The fraction of sp³-hybridized carbons (Fsp3) is 0.115. The van der Waals surface area contributed by atoms with E-state index in [1.807, 2.05) is 51.1 Å². The summed E-state index contributed by atoms with van der Waals surface area (Å²) in [5, 5.41) is 3.58. The zero-order valence-corrected chi connectivity index (χ0v) is 18.3. The molecule has 0 atom stereocenters. The molecular weight excluding hydrogens is 411 g/mol. The van der Waals surface area contributed by atoms with E-state index >= 15 is 0 Å². The minimum Gasteiger partial charge on any atom is -0.322 e. The van der Waals surface area contributed by atoms with E-state index in [1.54, 1.807) is 41.0 Å². The predicted octanol–water partition coefficient (Wildman–Crippen LogP) is 7.11. The van der Waals surface area contributed by atoms with Gasteiger partial charge in [-0.25, -0.2) is 4.39 Å². The standard InChI is InChI=1S/C26H22ClFN2O/c1-16-8-13-21(14-17(16)2)29-26(31)22-15-25(19-9-11-20(27)12-10-19)30(18(22)3)24-7-5-4-6-23(24)28/h4-15H,1-3H3,(H,29,31). The lowest BCUT2D eigenvalue weighted by Gasteiger charge is -2.13. The van der Waals surface area contributed by atoms with E-state index in [4.69, 9.17) is 11.6 Å². The number of carbonyl (C=O) groups excluding carboxylic acids is 1. The lowest BCUT2D eigenvalue weighted by Crippen LogP contribution is -2.13. The number of aryl methyl sites for hydroxylation is 2. The lowest BCUT2D eigenvalue weighted by atomic mass is 10.1. The number of anilines is 1. The van der Waals surface area contributed by atoms with Gasteiger partial charge in [-0.15, -0.1) is 0 Å². The molecule has 3 aromatic carbocycles. The summed E-state index contributed by atoms with van der Waals surface area (Å²) >= 11 is 6.05. The maximum atomic E-state index is 14.7. The Balaban J connectivity index is 1.83. The third-order valence-corrected chi connectivity index (χ3v) is 5.74. The third-order valence-electron chi connectivity index (χ3n) is 5.49. The largest absolute Gasteiger partial charge is 0.322 e. The van der Waals surface area contributed by atoms with Crippen LogP contribution >= 0.6 is 11.6 Å². The highest BCUT2D eigenvalue weighted by Gasteiger charge is 2.21. The zero-order valence-electron chi connectivity index (χ0n) is 17.5. The predicted molar refractivity (Wildman–Crippen MR) is 125 cm³/mol. The third kappa shape index (κ3) is 4.12. The Morgan fingerprint density at radius 2 is 1.61 bits per heavy atom. The van der Waals surface area contributed by atoms with Crippen LogP contribution in [-0.4, -0.2) is 10.5 Å². The summed E-state index contributed by atoms with van der Waals surface area (Å²) in [6.07, 6.45) is 0. The molecule has 0 saturated carbocycles. The molecule has 1 aromatic heterocycles. The van der Waals surface area contributed by atoms with Crippen molar-refractivity contribution in [3.05, 3.63) is 106 Å². The lowest BCUT2D eigenvalue weighted by molar-refractivity contribution is 0.102. The molecule has 1 amide bonds. The normalized spacial score (nSPS) is 10.9. The SMILES string of the molecule is Cc1ccc(NC(=O)c2cc(-c3ccc(Cl)cc3)n(-c3ccccc3F)c2C)cc1C. The summed E-state index contributed by atoms with van der Waals surface area (Å²) in [6.45, 7) is 5.85. The van der Waals surface area contributed by atoms with Gasteiger partial charge in [-0.3, -0.25) is 4.79 Å². The average molecular weight is 433 g/mol. The van der Waals surface area contributed by atoms with Crippen molar-refractivity contribution < 1.29 is 9.18 Å². The number of carbonyl (C=O) groups is 1. The first-order chi connectivity index (χ1) is 14.8. The molecular formula is C26H22ClFN2O. The number of halogens is 2. The molecule has 5 heteroatoms. The van der Waals surface area contributed by atoms with E-state index in [1.165, 1.54) is 6.07 Å². The van der Waals surface area contributed by atoms with Crippen LogP contribution in [0.4, 0.5) is 10.1 Å². The van der Waals surface area contributed by atoms with Crippen molar-refractivity contribution in [3.8, 4) is 16.9 Å². The summed E-state index contributed by atoms with van der Waals surface area (Å²) < 4.78 is 16.5. The van der Waals surface area contributed by atoms with Crippen LogP contribution in [0.15, 0.2) is 72.8 Å². The maximum absolute atomic E-state index is 14.7. The topological polar surface area (TPSA) is 34.0 Å². The molecule has 4 aromatic rings. The first-order valence-electron chi connectivity index (χ1n) is 9.97. The van der Waals surface area contributed by atoms with Crippen LogP contribution in [0.1, 0.15) is 27.2 Å². The number of aromatic nitrogens is 1. The van der Waals surface area contributed by atoms with Crippen LogP contribution in [0.2, 0.25) is 5.02 Å². The van der Waals surface area contributed by atoms with Gasteiger partial charge in [0.2, 0.25) is 0 Å². The molecule has 0 aliphatic rings. The van der Waals surface area contributed by atoms with Gasteiger partial charge in [-0.05, 0) is 79.9 Å². The van der Waals surface area contributed by atoms with Crippen molar-refractivity contribution in [2.24, 2.45) is 0 Å². The molecule has 0 saturated heterocycles. The molecule has 1 N–H and O–H groups in total. The molecule has 0 unspecified atom stereocenters. The molecule has 3 nitrogen and oxygen atoms in total. The number of hydrogen-bond donors (Lipinski definition) is 1. The highest BCUT2D eigenvalue weighted by Crippen LogP contribution is 2.32. The number of benzene rings is 3. The number of rotatable bonds is 4. The second-order valence-electron chi connectivity index (χ2n) is 7.58. The Bertz CT molecular complexity index is 1280. The van der Waals surface area contributed by atoms with E-state index < -0.39 is 0 Å². The van der Waals surface area contributed by atoms with Crippen molar-refractivity contribution in [2.45, 2.75) is 20.8 Å². The monoisotopic (exact) mass is 432 g/mol. The molecule has 0 radical (unpaired) electrons. The van der Waals surface area contributed by atoms with Gasteiger partial charge >= 0.3 is 0 Å². The summed E-state index contributed by atoms with van der Waals surface area (Å²) in [5.41, 5.74) is 6.04. The number of nitrogens with zero attached hydrogens (tertiary/aromatic N) is 1. The number of amides is 1. The van der Waals surface area contributed by atoms with Gasteiger partial charge in [0.25, 0.3) is 5.91 Å². The average Bonchev–Trinajstić information content (AvgIpc) is 3.09. The van der Waals surface area contributed by atoms with E-state index in [2.05, 4.69) is 5.32 Å². The second-order valence-corrected chi connectivity index (χ2v) is 8.01. The first kappa shape index (κ1) is 20.9. The Labute approximate surface area is 186 Å². The molecule has 156 valence electrons. The molecule has 0 bridgehead atoms. The summed E-state index contributed by atoms with van der Waals surface area (Å²) in [5.74, 6) is -0.608. The van der Waals surface area contributed by atoms with Crippen LogP contribution in [-0.2, 0) is 0 Å². The molecule has 1 heterocycles. The first-order valence-corrected chi connectivity index (χ1v) is 10.3. The zero-order chi connectivity index (χ0) is 22.1. The Morgan fingerprint density at radius 1 is 0.903 bits per heavy atom. The number of para-hydroxylation sites is 1. The fourth-order valence-corrected chi connectivity index (χ4v) is 3.76. The van der Waals surface area contributed by atoms with Crippen molar-refractivity contribution in [3.63, 3.8) is 0 Å². The smallest absolute Gasteiger partial charge is 0.257 e. The Hall–Kier alpha value is -3.37. The van der Waals surface area contributed by atoms with E-state index in [9.17, 15) is 9.18 Å². The maximum Gasteiger partial charge on any atom is 0.257 e. The summed E-state index contributed by atoms with van der Waals surface area (Å²) in [7, 11) is 0. The van der Waals surface area contributed by atoms with Crippen molar-refractivity contribution >= 4 is 23.2 Å². The summed E-state index contributed by atoms with van der Waals surface area (Å²) in [4.78, 5) is 13.2. The molecule has 0 spiro atoms. The van der Waals surface area contributed by atoms with E-state index in [0.717, 1.165) is 22.4 Å². The highest BCUT2D eigenvalue weighted by molar-refractivity contribution is 6.30. The minimum atomic E-state index is -0.363. The van der Waals surface area contributed by atoms with E-state index in [-0.39, 0.29) is 11.7 Å². The molecule has 0 aliphatic heterocycles. The van der Waals surface area contributed by atoms with Gasteiger partial charge in [-0.2, -0.15) is 0 Å². The number of hydrogen-bond acceptors (Lipinski definition) is 1. The van der Waals surface area contributed by atoms with Gasteiger partial charge in [0.05, 0.1) is 16.9 Å². The molecule has 31 heavy (non-hydrogen) atoms. The van der Waals surface area contributed by atoms with E-state index in [0.29, 0.717) is 27.7 Å². The van der Waals surface area contributed by atoms with Crippen LogP contribution in [0, 0.1) is 26.6 Å². The second kappa shape index (κ2) is 8.40. The van der Waals surface area contributed by atoms with Crippen LogP contribution in [0.3, 0.4) is 0 Å². The van der Waals surface area contributed by atoms with Gasteiger partial charge in [0, 0.05) is 16.4 Å². The Kier molecular flexibility index (Phi) is 5.66. The van der Waals surface area contributed by atoms with Crippen molar-refractivity contribution in [2.75, 3.05) is 5.32 Å². The van der Waals surface area contributed by atoms with Crippen LogP contribution in [0.5, 0.6) is 0 Å². The van der Waals surface area contributed by atoms with Gasteiger partial charge < -0.3 is 9.88 Å². The van der Waals surface area contributed by atoms with Crippen LogP contribution < -0.4 is 5.32 Å². The molecule has 0 fully saturated rings. The van der Waals surface area contributed by atoms with Crippen LogP contribution in [0.25, 0.3) is 16.9 Å². The van der Waals surface area contributed by atoms with Crippen molar-refractivity contribution in [1.82, 2.24) is 4.57 Å². The Morgan fingerprint density at radius 3 is 2.29 bits per heavy atom. The quantitative estimate of drug-likeness (QED) is 0.366. The number of nitrogens with one attached hydrogen (secondary N) is 1. The molecule has 4 rings (SSSR count). The summed E-state index contributed by atoms with van der Waals surface area (Å²) in [6, 6.07) is 21.4.